The molecule has 0 saturated heterocycles. The van der Waals surface area contributed by atoms with Gasteiger partial charge in [0.2, 0.25) is 0 Å². The van der Waals surface area contributed by atoms with Crippen LogP contribution in [0.1, 0.15) is 67.2 Å². The van der Waals surface area contributed by atoms with Crippen molar-refractivity contribution in [2.75, 3.05) is 0 Å². The molecule has 0 heterocycles. The third kappa shape index (κ3) is 6.72. The van der Waals surface area contributed by atoms with Crippen LogP contribution < -0.4 is 4.74 Å². The highest BCUT2D eigenvalue weighted by Crippen LogP contribution is 2.24. The van der Waals surface area contributed by atoms with Crippen LogP contribution in [0.2, 0.25) is 0 Å². The molecule has 0 bridgehead atoms. The SMILES string of the molecule is CCCCC(CC(C)C)Oc1ccccc1C(=O)OOC(=O)c1ccccc1. The molecule has 0 N–H and O–H groups in total. The number of ether oxygens (including phenoxy) is 1. The lowest BCUT2D eigenvalue weighted by molar-refractivity contribution is -0.187. The minimum Gasteiger partial charge on any atom is -0.490 e. The van der Waals surface area contributed by atoms with E-state index in [-0.39, 0.29) is 11.7 Å². The van der Waals surface area contributed by atoms with E-state index in [0.29, 0.717) is 17.2 Å². The van der Waals surface area contributed by atoms with E-state index in [1.54, 1.807) is 54.6 Å². The molecule has 2 aromatic rings. The standard InChI is InChI=1S/C23H28O5/c1-4-5-13-19(16-17(2)3)26-21-15-10-9-14-20(21)23(25)28-27-22(24)18-11-7-6-8-12-18/h6-12,14-15,17,19H,4-5,13,16H2,1-3H3. The number of para-hydroxylation sites is 1. The van der Waals surface area contributed by atoms with E-state index in [2.05, 4.69) is 25.7 Å². The second-order valence-corrected chi connectivity index (χ2v) is 7.12. The molecule has 5 nitrogen and oxygen atoms in total. The van der Waals surface area contributed by atoms with Crippen molar-refractivity contribution in [3.05, 3.63) is 65.7 Å². The van der Waals surface area contributed by atoms with Gasteiger partial charge in [-0.2, -0.15) is 0 Å². The minimum atomic E-state index is -0.765. The van der Waals surface area contributed by atoms with Crippen molar-refractivity contribution in [3.63, 3.8) is 0 Å². The first-order valence-corrected chi connectivity index (χ1v) is 9.75. The van der Waals surface area contributed by atoms with Gasteiger partial charge in [0.05, 0.1) is 11.7 Å². The van der Waals surface area contributed by atoms with E-state index in [1.807, 2.05) is 0 Å². The third-order valence-corrected chi connectivity index (χ3v) is 4.22. The number of carbonyl (C=O) groups excluding carboxylic acids is 2. The highest BCUT2D eigenvalue weighted by molar-refractivity contribution is 5.94. The average molecular weight is 384 g/mol. The van der Waals surface area contributed by atoms with Crippen LogP contribution in [0.5, 0.6) is 5.75 Å². The summed E-state index contributed by atoms with van der Waals surface area (Å²) in [6.07, 6.45) is 3.96. The predicted octanol–water partition coefficient (Wildman–Crippen LogP) is 5.60. The molecule has 28 heavy (non-hydrogen) atoms. The lowest BCUT2D eigenvalue weighted by atomic mass is 10.0. The van der Waals surface area contributed by atoms with Gasteiger partial charge in [-0.1, -0.05) is 63.9 Å². The second-order valence-electron chi connectivity index (χ2n) is 7.12. The van der Waals surface area contributed by atoms with Gasteiger partial charge in [0.25, 0.3) is 0 Å². The molecule has 150 valence electrons. The van der Waals surface area contributed by atoms with Crippen LogP contribution in [0.15, 0.2) is 54.6 Å². The molecule has 0 amide bonds. The maximum Gasteiger partial charge on any atom is 0.390 e. The smallest absolute Gasteiger partial charge is 0.390 e. The van der Waals surface area contributed by atoms with Crippen LogP contribution in [0, 0.1) is 5.92 Å². The van der Waals surface area contributed by atoms with E-state index in [4.69, 9.17) is 9.62 Å². The monoisotopic (exact) mass is 384 g/mol. The van der Waals surface area contributed by atoms with Gasteiger partial charge in [-0.3, -0.25) is 0 Å². The molecular formula is C23H28O5. The zero-order chi connectivity index (χ0) is 20.4. The first-order valence-electron chi connectivity index (χ1n) is 9.75. The van der Waals surface area contributed by atoms with Crippen molar-refractivity contribution in [1.29, 1.82) is 0 Å². The largest absolute Gasteiger partial charge is 0.490 e. The fourth-order valence-corrected chi connectivity index (χ4v) is 2.84. The summed E-state index contributed by atoms with van der Waals surface area (Å²) in [5.74, 6) is -0.579. The summed E-state index contributed by atoms with van der Waals surface area (Å²) in [6, 6.07) is 15.2. The van der Waals surface area contributed by atoms with E-state index in [0.717, 1.165) is 25.7 Å². The van der Waals surface area contributed by atoms with E-state index < -0.39 is 11.9 Å². The first kappa shape index (κ1) is 21.5. The maximum atomic E-state index is 12.4. The normalized spacial score (nSPS) is 11.7. The number of benzene rings is 2. The zero-order valence-electron chi connectivity index (χ0n) is 16.7. The number of hydrogen-bond donors (Lipinski definition) is 0. The Bertz CT molecular complexity index is 755. The van der Waals surface area contributed by atoms with Crippen molar-refractivity contribution in [1.82, 2.24) is 0 Å². The Morgan fingerprint density at radius 3 is 2.21 bits per heavy atom. The molecule has 0 aliphatic carbocycles. The van der Waals surface area contributed by atoms with Crippen molar-refractivity contribution >= 4 is 11.9 Å². The van der Waals surface area contributed by atoms with Crippen LogP contribution in [-0.2, 0) is 9.78 Å². The molecule has 0 spiro atoms. The molecule has 0 aromatic heterocycles. The first-order chi connectivity index (χ1) is 13.5. The highest BCUT2D eigenvalue weighted by atomic mass is 17.2. The number of unbranched alkanes of at least 4 members (excludes halogenated alkanes) is 1. The fourth-order valence-electron chi connectivity index (χ4n) is 2.84. The molecule has 1 unspecified atom stereocenters. The van der Waals surface area contributed by atoms with Crippen molar-refractivity contribution in [2.45, 2.75) is 52.6 Å². The van der Waals surface area contributed by atoms with Crippen LogP contribution in [0.4, 0.5) is 0 Å². The lowest BCUT2D eigenvalue weighted by Gasteiger charge is -2.22. The summed E-state index contributed by atoms with van der Waals surface area (Å²) in [7, 11) is 0. The van der Waals surface area contributed by atoms with E-state index >= 15 is 0 Å². The predicted molar refractivity (Wildman–Crippen MR) is 107 cm³/mol. The van der Waals surface area contributed by atoms with Gasteiger partial charge in [-0.05, 0) is 43.0 Å². The summed E-state index contributed by atoms with van der Waals surface area (Å²) < 4.78 is 6.13. The Morgan fingerprint density at radius 2 is 1.54 bits per heavy atom. The van der Waals surface area contributed by atoms with E-state index in [9.17, 15) is 9.59 Å². The Labute approximate surface area is 166 Å². The van der Waals surface area contributed by atoms with Crippen molar-refractivity contribution in [2.24, 2.45) is 5.92 Å². The molecule has 1 atom stereocenters. The van der Waals surface area contributed by atoms with Crippen LogP contribution >= 0.6 is 0 Å². The Hall–Kier alpha value is -2.82. The van der Waals surface area contributed by atoms with Gasteiger partial charge in [0, 0.05) is 0 Å². The fraction of sp³-hybridized carbons (Fsp3) is 0.391. The average Bonchev–Trinajstić information content (AvgIpc) is 2.70. The molecule has 5 heteroatoms. The molecular weight excluding hydrogens is 356 g/mol. The molecule has 0 fully saturated rings. The lowest BCUT2D eigenvalue weighted by Crippen LogP contribution is -2.21. The number of hydrogen-bond acceptors (Lipinski definition) is 5. The quantitative estimate of drug-likeness (QED) is 0.416. The summed E-state index contributed by atoms with van der Waals surface area (Å²) >= 11 is 0. The molecule has 0 radical (unpaired) electrons. The summed E-state index contributed by atoms with van der Waals surface area (Å²) in [5.41, 5.74) is 0.532. The summed E-state index contributed by atoms with van der Waals surface area (Å²) in [5, 5.41) is 0. The Kier molecular flexibility index (Phi) is 8.53. The number of carbonyl (C=O) groups is 2. The van der Waals surface area contributed by atoms with Crippen molar-refractivity contribution < 1.29 is 24.1 Å². The van der Waals surface area contributed by atoms with Crippen LogP contribution in [-0.4, -0.2) is 18.0 Å². The van der Waals surface area contributed by atoms with Gasteiger partial charge in [-0.25, -0.2) is 19.4 Å². The van der Waals surface area contributed by atoms with Gasteiger partial charge in [0.1, 0.15) is 11.3 Å². The highest BCUT2D eigenvalue weighted by Gasteiger charge is 2.20. The van der Waals surface area contributed by atoms with E-state index in [1.165, 1.54) is 0 Å². The molecule has 2 rings (SSSR count). The Balaban J connectivity index is 2.04. The van der Waals surface area contributed by atoms with Crippen molar-refractivity contribution in [3.8, 4) is 5.75 Å². The Morgan fingerprint density at radius 1 is 0.893 bits per heavy atom. The molecule has 0 aliphatic heterocycles. The minimum absolute atomic E-state index is 0.0146. The van der Waals surface area contributed by atoms with Crippen LogP contribution in [0.3, 0.4) is 0 Å². The molecule has 2 aromatic carbocycles. The zero-order valence-corrected chi connectivity index (χ0v) is 16.7. The van der Waals surface area contributed by atoms with Gasteiger partial charge in [0.15, 0.2) is 0 Å². The molecule has 0 saturated carbocycles. The second kappa shape index (κ2) is 11.1. The summed E-state index contributed by atoms with van der Waals surface area (Å²) in [4.78, 5) is 33.8. The van der Waals surface area contributed by atoms with Gasteiger partial charge in [-0.15, -0.1) is 0 Å². The summed E-state index contributed by atoms with van der Waals surface area (Å²) in [6.45, 7) is 6.43. The van der Waals surface area contributed by atoms with Gasteiger partial charge >= 0.3 is 11.9 Å². The maximum absolute atomic E-state index is 12.4. The van der Waals surface area contributed by atoms with Crippen LogP contribution in [0.25, 0.3) is 0 Å². The topological polar surface area (TPSA) is 61.8 Å². The third-order valence-electron chi connectivity index (χ3n) is 4.22. The molecule has 0 aliphatic rings. The van der Waals surface area contributed by atoms with Gasteiger partial charge < -0.3 is 4.74 Å². The number of rotatable bonds is 9.